The fourth-order valence-corrected chi connectivity index (χ4v) is 2.15. The Morgan fingerprint density at radius 1 is 1.64 bits per heavy atom. The lowest BCUT2D eigenvalue weighted by molar-refractivity contribution is -0.123. The summed E-state index contributed by atoms with van der Waals surface area (Å²) >= 11 is 0. The zero-order chi connectivity index (χ0) is 7.90. The van der Waals surface area contributed by atoms with Crippen molar-refractivity contribution in [1.82, 2.24) is 5.32 Å². The van der Waals surface area contributed by atoms with Crippen LogP contribution >= 0.6 is 0 Å². The molecule has 0 aromatic heterocycles. The number of carbonyl (C=O) groups excluding carboxylic acids is 1. The molecule has 1 aliphatic carbocycles. The molecule has 0 radical (unpaired) electrons. The first kappa shape index (κ1) is 7.10. The van der Waals surface area contributed by atoms with Crippen LogP contribution in [0.5, 0.6) is 0 Å². The van der Waals surface area contributed by atoms with Gasteiger partial charge in [0, 0.05) is 6.54 Å². The van der Waals surface area contributed by atoms with Gasteiger partial charge >= 0.3 is 0 Å². The summed E-state index contributed by atoms with van der Waals surface area (Å²) in [4.78, 5) is 11.1. The Kier molecular flexibility index (Phi) is 1.42. The highest BCUT2D eigenvalue weighted by atomic mass is 16.1. The third kappa shape index (κ3) is 0.948. The smallest absolute Gasteiger partial charge is 0.225 e. The number of nitrogens with two attached hydrogens (primary N) is 1. The van der Waals surface area contributed by atoms with E-state index in [2.05, 4.69) is 5.32 Å². The van der Waals surface area contributed by atoms with Crippen LogP contribution in [0.3, 0.4) is 0 Å². The summed E-state index contributed by atoms with van der Waals surface area (Å²) in [6.07, 6.45) is 3.39. The zero-order valence-corrected chi connectivity index (χ0v) is 6.60. The molecular weight excluding hydrogens is 140 g/mol. The van der Waals surface area contributed by atoms with E-state index in [1.165, 1.54) is 12.8 Å². The highest BCUT2D eigenvalue weighted by molar-refractivity contribution is 5.84. The second-order valence-corrected chi connectivity index (χ2v) is 3.74. The van der Waals surface area contributed by atoms with Crippen LogP contribution in [0.4, 0.5) is 0 Å². The summed E-state index contributed by atoms with van der Waals surface area (Å²) in [5.41, 5.74) is 5.19. The van der Waals surface area contributed by atoms with Crippen molar-refractivity contribution in [2.75, 3.05) is 13.1 Å². The summed E-state index contributed by atoms with van der Waals surface area (Å²) in [6.45, 7) is 1.86. The number of amides is 1. The first-order valence-electron chi connectivity index (χ1n) is 4.26. The average molecular weight is 154 g/mol. The van der Waals surface area contributed by atoms with Crippen LogP contribution in [0, 0.1) is 11.3 Å². The topological polar surface area (TPSA) is 55.1 Å². The third-order valence-corrected chi connectivity index (χ3v) is 3.07. The van der Waals surface area contributed by atoms with Crippen molar-refractivity contribution in [3.8, 4) is 0 Å². The number of rotatable bonds is 1. The highest BCUT2D eigenvalue weighted by Crippen LogP contribution is 2.55. The van der Waals surface area contributed by atoms with E-state index in [4.69, 9.17) is 5.73 Å². The lowest BCUT2D eigenvalue weighted by Crippen LogP contribution is -2.35. The van der Waals surface area contributed by atoms with Gasteiger partial charge in [-0.05, 0) is 31.7 Å². The zero-order valence-electron chi connectivity index (χ0n) is 6.60. The van der Waals surface area contributed by atoms with E-state index in [9.17, 15) is 4.79 Å². The van der Waals surface area contributed by atoms with Crippen LogP contribution in [0.15, 0.2) is 0 Å². The molecule has 0 aromatic carbocycles. The predicted octanol–water partition coefficient (Wildman–Crippen LogP) is -0.139. The first-order chi connectivity index (χ1) is 5.26. The van der Waals surface area contributed by atoms with Gasteiger partial charge in [0.05, 0.1) is 5.41 Å². The molecule has 1 amide bonds. The summed E-state index contributed by atoms with van der Waals surface area (Å²) in [7, 11) is 0. The number of primary amides is 1. The Bertz CT molecular complexity index is 193. The molecule has 2 atom stereocenters. The second kappa shape index (κ2) is 2.21. The van der Waals surface area contributed by atoms with Gasteiger partial charge in [0.15, 0.2) is 0 Å². The van der Waals surface area contributed by atoms with Crippen LogP contribution in [-0.4, -0.2) is 19.0 Å². The van der Waals surface area contributed by atoms with Crippen LogP contribution in [0.1, 0.15) is 19.3 Å². The molecule has 3 heteroatoms. The fourth-order valence-electron chi connectivity index (χ4n) is 2.15. The van der Waals surface area contributed by atoms with Gasteiger partial charge < -0.3 is 11.1 Å². The molecule has 0 spiro atoms. The second-order valence-electron chi connectivity index (χ2n) is 3.74. The molecule has 2 fully saturated rings. The van der Waals surface area contributed by atoms with Crippen molar-refractivity contribution in [2.24, 2.45) is 17.1 Å². The van der Waals surface area contributed by atoms with E-state index in [0.29, 0.717) is 5.92 Å². The van der Waals surface area contributed by atoms with Gasteiger partial charge in [0.1, 0.15) is 0 Å². The Labute approximate surface area is 66.3 Å². The lowest BCUT2D eigenvalue weighted by atomic mass is 10.0. The minimum absolute atomic E-state index is 0.100. The number of hydrogen-bond acceptors (Lipinski definition) is 2. The van der Waals surface area contributed by atoms with Crippen LogP contribution in [0.2, 0.25) is 0 Å². The fraction of sp³-hybridized carbons (Fsp3) is 0.875. The van der Waals surface area contributed by atoms with Crippen molar-refractivity contribution in [2.45, 2.75) is 19.3 Å². The molecule has 3 nitrogen and oxygen atoms in total. The van der Waals surface area contributed by atoms with E-state index in [1.807, 2.05) is 0 Å². The lowest BCUT2D eigenvalue weighted by Gasteiger charge is -2.09. The minimum atomic E-state index is -0.142. The standard InChI is InChI=1S/C8H14N2O/c9-7(11)8-4-6(8)2-1-3-10-5-8/h6,10H,1-5H2,(H2,9,11). The van der Waals surface area contributed by atoms with E-state index in [1.54, 1.807) is 0 Å². The Morgan fingerprint density at radius 2 is 2.45 bits per heavy atom. The van der Waals surface area contributed by atoms with Crippen molar-refractivity contribution < 1.29 is 4.79 Å². The maximum atomic E-state index is 11.1. The molecule has 1 heterocycles. The number of carbonyl (C=O) groups is 1. The Balaban J connectivity index is 2.10. The molecule has 0 aromatic rings. The molecule has 11 heavy (non-hydrogen) atoms. The van der Waals surface area contributed by atoms with Gasteiger partial charge in [-0.3, -0.25) is 4.79 Å². The SMILES string of the molecule is NC(=O)C12CNCCCC1C2. The molecule has 62 valence electrons. The number of fused-ring (bicyclic) bond motifs is 1. The molecule has 1 saturated carbocycles. The monoisotopic (exact) mass is 154 g/mol. The first-order valence-corrected chi connectivity index (χ1v) is 4.26. The van der Waals surface area contributed by atoms with Crippen molar-refractivity contribution in [3.05, 3.63) is 0 Å². The maximum Gasteiger partial charge on any atom is 0.225 e. The molecule has 1 aliphatic heterocycles. The summed E-state index contributed by atoms with van der Waals surface area (Å²) in [5, 5.41) is 3.26. The van der Waals surface area contributed by atoms with Gasteiger partial charge in [0.2, 0.25) is 5.91 Å². The highest BCUT2D eigenvalue weighted by Gasteiger charge is 2.58. The maximum absolute atomic E-state index is 11.1. The number of hydrogen-bond donors (Lipinski definition) is 2. The normalized spacial score (nSPS) is 42.4. The third-order valence-electron chi connectivity index (χ3n) is 3.07. The number of nitrogens with one attached hydrogen (secondary N) is 1. The van der Waals surface area contributed by atoms with Gasteiger partial charge in [-0.15, -0.1) is 0 Å². The molecule has 0 bridgehead atoms. The largest absolute Gasteiger partial charge is 0.369 e. The van der Waals surface area contributed by atoms with Crippen molar-refractivity contribution in [3.63, 3.8) is 0 Å². The van der Waals surface area contributed by atoms with E-state index >= 15 is 0 Å². The van der Waals surface area contributed by atoms with Crippen molar-refractivity contribution in [1.29, 1.82) is 0 Å². The van der Waals surface area contributed by atoms with E-state index in [-0.39, 0.29) is 11.3 Å². The molecule has 1 saturated heterocycles. The van der Waals surface area contributed by atoms with Crippen molar-refractivity contribution >= 4 is 5.91 Å². The van der Waals surface area contributed by atoms with Crippen LogP contribution in [0.25, 0.3) is 0 Å². The molecular formula is C8H14N2O. The van der Waals surface area contributed by atoms with Crippen LogP contribution < -0.4 is 11.1 Å². The van der Waals surface area contributed by atoms with E-state index < -0.39 is 0 Å². The summed E-state index contributed by atoms with van der Waals surface area (Å²) in [6, 6.07) is 0. The summed E-state index contributed by atoms with van der Waals surface area (Å²) < 4.78 is 0. The van der Waals surface area contributed by atoms with Gasteiger partial charge in [0.25, 0.3) is 0 Å². The molecule has 3 N–H and O–H groups in total. The Hall–Kier alpha value is -0.570. The predicted molar refractivity (Wildman–Crippen MR) is 41.8 cm³/mol. The summed E-state index contributed by atoms with van der Waals surface area (Å²) in [5.74, 6) is 0.493. The Morgan fingerprint density at radius 3 is 3.18 bits per heavy atom. The van der Waals surface area contributed by atoms with E-state index in [0.717, 1.165) is 19.5 Å². The molecule has 2 aliphatic rings. The van der Waals surface area contributed by atoms with Crippen LogP contribution in [-0.2, 0) is 4.79 Å². The minimum Gasteiger partial charge on any atom is -0.369 e. The molecule has 2 rings (SSSR count). The van der Waals surface area contributed by atoms with Gasteiger partial charge in [-0.25, -0.2) is 0 Å². The van der Waals surface area contributed by atoms with Gasteiger partial charge in [-0.1, -0.05) is 0 Å². The van der Waals surface area contributed by atoms with Gasteiger partial charge in [-0.2, -0.15) is 0 Å². The average Bonchev–Trinajstić information content (AvgIpc) is 2.57. The quantitative estimate of drug-likeness (QED) is 0.552. The molecule has 2 unspecified atom stereocenters.